The summed E-state index contributed by atoms with van der Waals surface area (Å²) in [6.07, 6.45) is -8.90. The highest BCUT2D eigenvalue weighted by Gasteiger charge is 2.46. The third-order valence-corrected chi connectivity index (χ3v) is 6.69. The average Bonchev–Trinajstić information content (AvgIpc) is 3.47. The number of fused-ring (bicyclic) bond motifs is 3. The van der Waals surface area contributed by atoms with E-state index in [2.05, 4.69) is 20.3 Å². The van der Waals surface area contributed by atoms with Crippen molar-refractivity contribution in [2.24, 2.45) is 5.92 Å². The van der Waals surface area contributed by atoms with E-state index in [0.29, 0.717) is 35.2 Å². The molecule has 1 unspecified atom stereocenters. The molecule has 2 aliphatic rings. The van der Waals surface area contributed by atoms with Crippen LogP contribution in [0.3, 0.4) is 0 Å². The van der Waals surface area contributed by atoms with Crippen molar-refractivity contribution in [2.75, 3.05) is 18.4 Å². The number of benzene rings is 1. The van der Waals surface area contributed by atoms with Crippen LogP contribution in [0.25, 0.3) is 5.65 Å². The van der Waals surface area contributed by atoms with E-state index in [0.717, 1.165) is 6.42 Å². The first-order valence-electron chi connectivity index (χ1n) is 10.9. The van der Waals surface area contributed by atoms with Gasteiger partial charge in [0.1, 0.15) is 11.6 Å². The summed E-state index contributed by atoms with van der Waals surface area (Å²) in [5.74, 6) is -0.720. The van der Waals surface area contributed by atoms with Crippen molar-refractivity contribution in [1.82, 2.24) is 19.5 Å². The predicted octanol–water partition coefficient (Wildman–Crippen LogP) is 4.51. The molecule has 1 aliphatic heterocycles. The Labute approximate surface area is 194 Å². The molecule has 1 saturated heterocycles. The van der Waals surface area contributed by atoms with Crippen molar-refractivity contribution < 1.29 is 35.8 Å². The van der Waals surface area contributed by atoms with Crippen LogP contribution >= 0.6 is 0 Å². The molecule has 0 spiro atoms. The molecule has 3 aromatic rings. The second-order valence-corrected chi connectivity index (χ2v) is 8.92. The van der Waals surface area contributed by atoms with Crippen LogP contribution in [-0.4, -0.2) is 49.8 Å². The molecule has 1 aromatic carbocycles. The minimum atomic E-state index is -4.89. The number of hydrogen-bond acceptors (Lipinski definition) is 5. The molecule has 2 N–H and O–H groups in total. The van der Waals surface area contributed by atoms with Crippen molar-refractivity contribution >= 4 is 11.5 Å². The van der Waals surface area contributed by atoms with Crippen LogP contribution < -0.4 is 5.32 Å². The Kier molecular flexibility index (Phi) is 5.66. The van der Waals surface area contributed by atoms with Gasteiger partial charge in [-0.3, -0.25) is 4.90 Å². The molecule has 1 aliphatic carbocycles. The molecule has 6 nitrogen and oxygen atoms in total. The SMILES string of the molecule is OC1C[C@@H]2C[C@H]1CN2[C@@H](CNc1cc(C(F)(F)F)nc2cc(C(F)(F)F)nn12)c1ccc(F)cc1. The number of likely N-dealkylation sites (tertiary alicyclic amines) is 1. The quantitative estimate of drug-likeness (QED) is 0.502. The third-order valence-electron chi connectivity index (χ3n) is 6.69. The number of halogens is 7. The second kappa shape index (κ2) is 8.33. The van der Waals surface area contributed by atoms with E-state index < -0.39 is 47.4 Å². The maximum Gasteiger partial charge on any atom is 0.435 e. The maximum atomic E-state index is 13.5. The van der Waals surface area contributed by atoms with Crippen molar-refractivity contribution in [3.8, 4) is 0 Å². The standard InChI is InChI=1S/C22H20F7N5O/c23-13-3-1-11(2-4-13)15(33-10-12-5-14(33)6-16(12)35)9-30-19-7-17(21(24,25)26)31-20-8-18(22(27,28)29)32-34(19)20/h1-4,7-8,12,14-16,30,35H,5-6,9-10H2/t12-,14-,15-,16?/m0/s1. The Balaban J connectivity index is 1.50. The number of rotatable bonds is 5. The molecule has 2 fully saturated rings. The van der Waals surface area contributed by atoms with E-state index in [1.165, 1.54) is 12.1 Å². The summed E-state index contributed by atoms with van der Waals surface area (Å²) in [5, 5.41) is 16.4. The van der Waals surface area contributed by atoms with Crippen LogP contribution in [0, 0.1) is 11.7 Å². The Hall–Kier alpha value is -2.93. The van der Waals surface area contributed by atoms with Crippen LogP contribution in [0.1, 0.15) is 35.8 Å². The zero-order chi connectivity index (χ0) is 25.1. The Morgan fingerprint density at radius 3 is 2.26 bits per heavy atom. The molecule has 0 amide bonds. The lowest BCUT2D eigenvalue weighted by Crippen LogP contribution is -2.42. The van der Waals surface area contributed by atoms with Crippen LogP contribution in [-0.2, 0) is 12.4 Å². The number of aliphatic hydroxyl groups excluding tert-OH is 1. The van der Waals surface area contributed by atoms with E-state index in [9.17, 15) is 35.8 Å². The van der Waals surface area contributed by atoms with E-state index in [-0.39, 0.29) is 24.3 Å². The van der Waals surface area contributed by atoms with Gasteiger partial charge in [0.05, 0.1) is 12.1 Å². The van der Waals surface area contributed by atoms with Crippen LogP contribution in [0.5, 0.6) is 0 Å². The smallest absolute Gasteiger partial charge is 0.393 e. The highest BCUT2D eigenvalue weighted by atomic mass is 19.4. The maximum absolute atomic E-state index is 13.5. The monoisotopic (exact) mass is 503 g/mol. The minimum absolute atomic E-state index is 0.00255. The lowest BCUT2D eigenvalue weighted by Gasteiger charge is -2.37. The average molecular weight is 503 g/mol. The normalized spacial score (nSPS) is 23.8. The van der Waals surface area contributed by atoms with Gasteiger partial charge in [-0.1, -0.05) is 12.1 Å². The van der Waals surface area contributed by atoms with Gasteiger partial charge in [0.25, 0.3) is 0 Å². The number of anilines is 1. The molecule has 13 heteroatoms. The van der Waals surface area contributed by atoms with Gasteiger partial charge >= 0.3 is 12.4 Å². The lowest BCUT2D eigenvalue weighted by atomic mass is 10.00. The zero-order valence-corrected chi connectivity index (χ0v) is 18.0. The summed E-state index contributed by atoms with van der Waals surface area (Å²) in [6, 6.07) is 6.30. The summed E-state index contributed by atoms with van der Waals surface area (Å²) >= 11 is 0. The van der Waals surface area contributed by atoms with Gasteiger partial charge in [-0.05, 0) is 36.5 Å². The van der Waals surface area contributed by atoms with Gasteiger partial charge in [0, 0.05) is 31.3 Å². The molecule has 35 heavy (non-hydrogen) atoms. The highest BCUT2D eigenvalue weighted by molar-refractivity contribution is 5.51. The van der Waals surface area contributed by atoms with E-state index in [1.807, 2.05) is 0 Å². The van der Waals surface area contributed by atoms with E-state index in [4.69, 9.17) is 0 Å². The third kappa shape index (κ3) is 4.54. The van der Waals surface area contributed by atoms with Gasteiger partial charge < -0.3 is 10.4 Å². The molecule has 1 saturated carbocycles. The molecule has 0 radical (unpaired) electrons. The first-order chi connectivity index (χ1) is 16.4. The summed E-state index contributed by atoms with van der Waals surface area (Å²) in [5.41, 5.74) is -2.65. The van der Waals surface area contributed by atoms with Crippen molar-refractivity contribution in [3.63, 3.8) is 0 Å². The molecular weight excluding hydrogens is 483 g/mol. The van der Waals surface area contributed by atoms with Gasteiger partial charge in [0.15, 0.2) is 17.0 Å². The first kappa shape index (κ1) is 23.8. The highest BCUT2D eigenvalue weighted by Crippen LogP contribution is 2.42. The summed E-state index contributed by atoms with van der Waals surface area (Å²) in [4.78, 5) is 5.40. The summed E-state index contributed by atoms with van der Waals surface area (Å²) < 4.78 is 94.0. The number of piperidine rings is 1. The Morgan fingerprint density at radius 2 is 1.69 bits per heavy atom. The molecule has 3 heterocycles. The Bertz CT molecular complexity index is 1220. The molecular formula is C22H20F7N5O. The fraction of sp³-hybridized carbons (Fsp3) is 0.455. The van der Waals surface area contributed by atoms with Gasteiger partial charge in [0.2, 0.25) is 0 Å². The van der Waals surface area contributed by atoms with Gasteiger partial charge in [-0.25, -0.2) is 9.37 Å². The second-order valence-electron chi connectivity index (χ2n) is 8.92. The van der Waals surface area contributed by atoms with Crippen LogP contribution in [0.2, 0.25) is 0 Å². The number of alkyl halides is 6. The van der Waals surface area contributed by atoms with Crippen molar-refractivity contribution in [1.29, 1.82) is 0 Å². The molecule has 2 aromatic heterocycles. The summed E-state index contributed by atoms with van der Waals surface area (Å²) in [6.45, 7) is 0.539. The van der Waals surface area contributed by atoms with Crippen LogP contribution in [0.15, 0.2) is 36.4 Å². The topological polar surface area (TPSA) is 65.7 Å². The van der Waals surface area contributed by atoms with Gasteiger partial charge in [-0.2, -0.15) is 36.0 Å². The number of nitrogens with one attached hydrogen (secondary N) is 1. The van der Waals surface area contributed by atoms with Crippen LogP contribution in [0.4, 0.5) is 36.6 Å². The zero-order valence-electron chi connectivity index (χ0n) is 18.0. The summed E-state index contributed by atoms with van der Waals surface area (Å²) in [7, 11) is 0. The largest absolute Gasteiger partial charge is 0.435 e. The van der Waals surface area contributed by atoms with E-state index in [1.54, 1.807) is 12.1 Å². The number of hydrogen-bond donors (Lipinski definition) is 2. The number of aliphatic hydroxyl groups is 1. The molecule has 5 rings (SSSR count). The molecule has 188 valence electrons. The van der Waals surface area contributed by atoms with E-state index >= 15 is 0 Å². The minimum Gasteiger partial charge on any atom is -0.393 e. The van der Waals surface area contributed by atoms with Crippen molar-refractivity contribution in [2.45, 2.75) is 43.4 Å². The lowest BCUT2D eigenvalue weighted by molar-refractivity contribution is -0.142. The first-order valence-corrected chi connectivity index (χ1v) is 10.9. The van der Waals surface area contributed by atoms with Gasteiger partial charge in [-0.15, -0.1) is 0 Å². The van der Waals surface area contributed by atoms with Crippen molar-refractivity contribution in [3.05, 3.63) is 59.2 Å². The fourth-order valence-corrected chi connectivity index (χ4v) is 5.04. The molecule has 4 atom stereocenters. The fourth-order valence-electron chi connectivity index (χ4n) is 5.04. The molecule has 2 bridgehead atoms. The number of aromatic nitrogens is 3. The number of nitrogens with zero attached hydrogens (tertiary/aromatic N) is 4. The predicted molar refractivity (Wildman–Crippen MR) is 110 cm³/mol. The Morgan fingerprint density at radius 1 is 1.00 bits per heavy atom.